The van der Waals surface area contributed by atoms with Crippen LogP contribution in [0.2, 0.25) is 5.02 Å². The van der Waals surface area contributed by atoms with Gasteiger partial charge >= 0.3 is 0 Å². The van der Waals surface area contributed by atoms with Crippen LogP contribution in [-0.4, -0.2) is 17.8 Å². The third-order valence-corrected chi connectivity index (χ3v) is 5.96. The number of aliphatic hydroxyl groups excluding tert-OH is 1. The summed E-state index contributed by atoms with van der Waals surface area (Å²) in [5, 5.41) is 16.1. The predicted octanol–water partition coefficient (Wildman–Crippen LogP) is 4.76. The average molecular weight is 382 g/mol. The van der Waals surface area contributed by atoms with E-state index in [4.69, 9.17) is 21.5 Å². The molecule has 24 heavy (non-hydrogen) atoms. The Morgan fingerprint density at radius 2 is 2.00 bits per heavy atom. The van der Waals surface area contributed by atoms with Gasteiger partial charge in [0.2, 0.25) is 0 Å². The minimum absolute atomic E-state index is 0.0508. The van der Waals surface area contributed by atoms with E-state index in [-0.39, 0.29) is 12.2 Å². The molecule has 1 aliphatic heterocycles. The van der Waals surface area contributed by atoms with Gasteiger partial charge in [-0.2, -0.15) is 0 Å². The van der Waals surface area contributed by atoms with Crippen LogP contribution in [0.1, 0.15) is 35.6 Å². The van der Waals surface area contributed by atoms with Gasteiger partial charge in [-0.05, 0) is 69.5 Å². The average Bonchev–Trinajstić information content (AvgIpc) is 2.59. The first kappa shape index (κ1) is 18.1. The molecule has 0 aliphatic carbocycles. The second-order valence-corrected chi connectivity index (χ2v) is 8.20. The molecule has 1 heterocycles. The van der Waals surface area contributed by atoms with Crippen LogP contribution in [0.15, 0.2) is 47.4 Å². The molecular formula is C18H20ClNO2S2. The van der Waals surface area contributed by atoms with Gasteiger partial charge in [-0.15, -0.1) is 0 Å². The number of hydrogen-bond donors (Lipinski definition) is 2. The first-order chi connectivity index (χ1) is 11.7. The van der Waals surface area contributed by atoms with Gasteiger partial charge in [-0.1, -0.05) is 35.9 Å². The third-order valence-electron chi connectivity index (χ3n) is 4.16. The molecule has 0 saturated carbocycles. The van der Waals surface area contributed by atoms with Crippen LogP contribution in [0.3, 0.4) is 0 Å². The van der Waals surface area contributed by atoms with Crippen LogP contribution in [0, 0.1) is 0 Å². The smallest absolute Gasteiger partial charge is 0.0849 e. The van der Waals surface area contributed by atoms with Gasteiger partial charge in [-0.3, -0.25) is 5.14 Å². The molecule has 1 saturated heterocycles. The summed E-state index contributed by atoms with van der Waals surface area (Å²) in [6.07, 6.45) is 1.79. The fourth-order valence-corrected chi connectivity index (χ4v) is 4.09. The molecule has 0 aromatic heterocycles. The molecule has 0 bridgehead atoms. The van der Waals surface area contributed by atoms with Crippen LogP contribution in [0.4, 0.5) is 0 Å². The molecule has 2 aromatic rings. The summed E-state index contributed by atoms with van der Waals surface area (Å²) >= 11 is 6.38. The lowest BCUT2D eigenvalue weighted by atomic mass is 9.96. The molecule has 1 aliphatic rings. The van der Waals surface area contributed by atoms with E-state index in [1.165, 1.54) is 16.5 Å². The monoisotopic (exact) mass is 381 g/mol. The molecule has 2 aromatic carbocycles. The van der Waals surface area contributed by atoms with E-state index >= 15 is 0 Å². The first-order valence-electron chi connectivity index (χ1n) is 7.86. The van der Waals surface area contributed by atoms with E-state index < -0.39 is 0 Å². The Hall–Kier alpha value is -0.690. The highest BCUT2D eigenvalue weighted by molar-refractivity contribution is 8.75. The lowest BCUT2D eigenvalue weighted by Gasteiger charge is -2.27. The number of aliphatic hydroxyl groups is 1. The number of nitrogens with two attached hydrogens (primary N) is 1. The SMILES string of the molecule is NSSc1ccc(Cc2cc(C3CC(O)CCO3)ccc2Cl)cc1. The van der Waals surface area contributed by atoms with Crippen molar-refractivity contribution in [3.05, 3.63) is 64.2 Å². The van der Waals surface area contributed by atoms with E-state index in [2.05, 4.69) is 30.3 Å². The standard InChI is InChI=1S/C18H20ClNO2S2/c19-17-6-3-13(18-11-15(21)7-8-22-18)10-14(17)9-12-1-4-16(5-2-12)23-24-20/h1-6,10,15,18,21H,7-9,11,20H2. The summed E-state index contributed by atoms with van der Waals surface area (Å²) < 4.78 is 5.80. The summed E-state index contributed by atoms with van der Waals surface area (Å²) in [4.78, 5) is 1.13. The summed E-state index contributed by atoms with van der Waals surface area (Å²) in [6, 6.07) is 14.4. The van der Waals surface area contributed by atoms with Crippen LogP contribution in [0.5, 0.6) is 0 Å². The third kappa shape index (κ3) is 4.69. The first-order valence-corrected chi connectivity index (χ1v) is 10.4. The molecule has 6 heteroatoms. The van der Waals surface area contributed by atoms with Crippen molar-refractivity contribution in [2.75, 3.05) is 6.61 Å². The minimum atomic E-state index is -0.284. The van der Waals surface area contributed by atoms with E-state index in [0.717, 1.165) is 27.5 Å². The highest BCUT2D eigenvalue weighted by Crippen LogP contribution is 2.32. The van der Waals surface area contributed by atoms with Gasteiger partial charge in [0.05, 0.1) is 12.2 Å². The largest absolute Gasteiger partial charge is 0.393 e. The quantitative estimate of drug-likeness (QED) is 0.577. The summed E-state index contributed by atoms with van der Waals surface area (Å²) in [6.45, 7) is 0.599. The molecule has 2 atom stereocenters. The number of ether oxygens (including phenoxy) is 1. The van der Waals surface area contributed by atoms with E-state index in [1.807, 2.05) is 12.1 Å². The van der Waals surface area contributed by atoms with Gasteiger partial charge in [0.1, 0.15) is 0 Å². The van der Waals surface area contributed by atoms with Gasteiger partial charge < -0.3 is 9.84 Å². The maximum absolute atomic E-state index is 9.85. The molecule has 0 spiro atoms. The predicted molar refractivity (Wildman–Crippen MR) is 102 cm³/mol. The van der Waals surface area contributed by atoms with E-state index in [1.54, 1.807) is 10.8 Å². The number of hydrogen-bond acceptors (Lipinski definition) is 5. The highest BCUT2D eigenvalue weighted by atomic mass is 35.5. The van der Waals surface area contributed by atoms with Crippen LogP contribution >= 0.6 is 33.4 Å². The summed E-state index contributed by atoms with van der Waals surface area (Å²) in [5.74, 6) is 0. The van der Waals surface area contributed by atoms with Gasteiger partial charge in [0.25, 0.3) is 0 Å². The van der Waals surface area contributed by atoms with Gasteiger partial charge in [0, 0.05) is 22.9 Å². The molecule has 128 valence electrons. The molecule has 3 N–H and O–H groups in total. The normalized spacial score (nSPS) is 21.0. The Bertz CT molecular complexity index is 681. The van der Waals surface area contributed by atoms with Crippen molar-refractivity contribution < 1.29 is 9.84 Å². The summed E-state index contributed by atoms with van der Waals surface area (Å²) in [7, 11) is 2.79. The Morgan fingerprint density at radius 1 is 1.21 bits per heavy atom. The second-order valence-electron chi connectivity index (χ2n) is 5.89. The summed E-state index contributed by atoms with van der Waals surface area (Å²) in [5.41, 5.74) is 3.36. The van der Waals surface area contributed by atoms with Crippen molar-refractivity contribution in [2.45, 2.75) is 36.4 Å². The zero-order chi connectivity index (χ0) is 16.9. The van der Waals surface area contributed by atoms with Crippen molar-refractivity contribution in [3.8, 4) is 0 Å². The minimum Gasteiger partial charge on any atom is -0.393 e. The molecule has 3 nitrogen and oxygen atoms in total. The van der Waals surface area contributed by atoms with E-state index in [0.29, 0.717) is 19.4 Å². The zero-order valence-electron chi connectivity index (χ0n) is 13.2. The van der Waals surface area contributed by atoms with Gasteiger partial charge in [-0.25, -0.2) is 0 Å². The Morgan fingerprint density at radius 3 is 2.71 bits per heavy atom. The lowest BCUT2D eigenvalue weighted by molar-refractivity contribution is -0.0448. The Balaban J connectivity index is 1.76. The molecule has 0 radical (unpaired) electrons. The van der Waals surface area contributed by atoms with Crippen molar-refractivity contribution in [3.63, 3.8) is 0 Å². The molecule has 3 rings (SSSR count). The lowest BCUT2D eigenvalue weighted by Crippen LogP contribution is -2.23. The van der Waals surface area contributed by atoms with Crippen LogP contribution in [-0.2, 0) is 11.2 Å². The van der Waals surface area contributed by atoms with Crippen molar-refractivity contribution in [1.82, 2.24) is 0 Å². The zero-order valence-corrected chi connectivity index (χ0v) is 15.5. The fourth-order valence-electron chi connectivity index (χ4n) is 2.88. The highest BCUT2D eigenvalue weighted by Gasteiger charge is 2.22. The van der Waals surface area contributed by atoms with Crippen LogP contribution < -0.4 is 5.14 Å². The Labute approximate surface area is 155 Å². The molecule has 1 fully saturated rings. The number of benzene rings is 2. The molecular weight excluding hydrogens is 362 g/mol. The topological polar surface area (TPSA) is 55.5 Å². The number of rotatable bonds is 5. The van der Waals surface area contributed by atoms with Crippen molar-refractivity contribution >= 4 is 33.4 Å². The Kier molecular flexibility index (Phi) is 6.49. The maximum Gasteiger partial charge on any atom is 0.0849 e. The van der Waals surface area contributed by atoms with Crippen molar-refractivity contribution in [1.29, 1.82) is 0 Å². The molecule has 0 amide bonds. The second kappa shape index (κ2) is 8.61. The fraction of sp³-hybridized carbons (Fsp3) is 0.333. The van der Waals surface area contributed by atoms with E-state index in [9.17, 15) is 5.11 Å². The number of halogens is 1. The van der Waals surface area contributed by atoms with Crippen LogP contribution in [0.25, 0.3) is 0 Å². The van der Waals surface area contributed by atoms with Gasteiger partial charge in [0.15, 0.2) is 0 Å². The maximum atomic E-state index is 9.85. The molecule has 2 unspecified atom stereocenters. The van der Waals surface area contributed by atoms with Crippen molar-refractivity contribution in [2.24, 2.45) is 5.14 Å².